The van der Waals surface area contributed by atoms with Gasteiger partial charge in [0.25, 0.3) is 0 Å². The fourth-order valence-electron chi connectivity index (χ4n) is 0.758. The molecule has 0 aromatic heterocycles. The summed E-state index contributed by atoms with van der Waals surface area (Å²) in [5, 5.41) is 0. The molecular formula is C8H4Br2O2. The lowest BCUT2D eigenvalue weighted by atomic mass is 10.2. The lowest BCUT2D eigenvalue weighted by Gasteiger charge is -1.99. The first-order chi connectivity index (χ1) is 5.69. The maximum atomic E-state index is 10.4. The number of hydrogen-bond donors (Lipinski definition) is 0. The van der Waals surface area contributed by atoms with Crippen LogP contribution < -0.4 is 0 Å². The second-order valence-electron chi connectivity index (χ2n) is 2.13. The molecule has 0 fully saturated rings. The van der Waals surface area contributed by atoms with E-state index in [9.17, 15) is 9.59 Å². The molecular weight excluding hydrogens is 288 g/mol. The molecule has 0 saturated carbocycles. The first-order valence-electron chi connectivity index (χ1n) is 3.08. The topological polar surface area (TPSA) is 34.1 Å². The van der Waals surface area contributed by atoms with Crippen LogP contribution in [0.25, 0.3) is 0 Å². The highest BCUT2D eigenvalue weighted by Gasteiger charge is 2.04. The molecule has 0 aliphatic heterocycles. The van der Waals surface area contributed by atoms with Crippen molar-refractivity contribution in [2.75, 3.05) is 0 Å². The molecule has 0 spiro atoms. The van der Waals surface area contributed by atoms with Gasteiger partial charge in [-0.05, 0) is 12.1 Å². The lowest BCUT2D eigenvalue weighted by molar-refractivity contribution is 0.111. The summed E-state index contributed by atoms with van der Waals surface area (Å²) in [5.41, 5.74) is 1.04. The van der Waals surface area contributed by atoms with Crippen LogP contribution in [0.15, 0.2) is 21.1 Å². The molecule has 4 heteroatoms. The van der Waals surface area contributed by atoms with Crippen molar-refractivity contribution in [1.29, 1.82) is 0 Å². The van der Waals surface area contributed by atoms with E-state index in [0.29, 0.717) is 20.1 Å². The molecule has 0 aliphatic carbocycles. The Hall–Kier alpha value is -0.480. The Morgan fingerprint density at radius 2 is 1.25 bits per heavy atom. The minimum atomic E-state index is 0.521. The zero-order chi connectivity index (χ0) is 9.14. The van der Waals surface area contributed by atoms with Gasteiger partial charge in [0.05, 0.1) is 0 Å². The van der Waals surface area contributed by atoms with Crippen molar-refractivity contribution in [3.05, 3.63) is 32.2 Å². The van der Waals surface area contributed by atoms with Crippen molar-refractivity contribution in [3.8, 4) is 0 Å². The molecule has 1 aromatic rings. The molecule has 0 unspecified atom stereocenters. The first-order valence-corrected chi connectivity index (χ1v) is 4.67. The highest BCUT2D eigenvalue weighted by molar-refractivity contribution is 9.11. The molecule has 12 heavy (non-hydrogen) atoms. The summed E-state index contributed by atoms with van der Waals surface area (Å²) in [4.78, 5) is 20.9. The molecule has 1 aromatic carbocycles. The van der Waals surface area contributed by atoms with E-state index in [1.807, 2.05) is 0 Å². The van der Waals surface area contributed by atoms with E-state index >= 15 is 0 Å². The van der Waals surface area contributed by atoms with Crippen LogP contribution in [0, 0.1) is 0 Å². The van der Waals surface area contributed by atoms with Crippen molar-refractivity contribution < 1.29 is 9.59 Å². The van der Waals surface area contributed by atoms with E-state index in [1.165, 1.54) is 0 Å². The summed E-state index contributed by atoms with van der Waals surface area (Å²) in [6.07, 6.45) is 1.45. The van der Waals surface area contributed by atoms with E-state index in [2.05, 4.69) is 31.9 Å². The van der Waals surface area contributed by atoms with E-state index in [1.54, 1.807) is 12.1 Å². The van der Waals surface area contributed by atoms with Crippen molar-refractivity contribution in [2.24, 2.45) is 0 Å². The summed E-state index contributed by atoms with van der Waals surface area (Å²) in [6, 6.07) is 3.20. The Morgan fingerprint density at radius 1 is 0.917 bits per heavy atom. The Morgan fingerprint density at radius 3 is 1.50 bits per heavy atom. The SMILES string of the molecule is O=Cc1cc(Br)c(C=O)cc1Br. The van der Waals surface area contributed by atoms with Gasteiger partial charge < -0.3 is 0 Å². The molecule has 2 nitrogen and oxygen atoms in total. The maximum Gasteiger partial charge on any atom is 0.151 e. The molecule has 0 amide bonds. The van der Waals surface area contributed by atoms with Gasteiger partial charge >= 0.3 is 0 Å². The molecule has 0 aliphatic rings. The highest BCUT2D eigenvalue weighted by Crippen LogP contribution is 2.23. The molecule has 0 bridgehead atoms. The van der Waals surface area contributed by atoms with Crippen molar-refractivity contribution in [1.82, 2.24) is 0 Å². The van der Waals surface area contributed by atoms with Crippen LogP contribution >= 0.6 is 31.9 Å². The maximum absolute atomic E-state index is 10.4. The largest absolute Gasteiger partial charge is 0.298 e. The van der Waals surface area contributed by atoms with Gasteiger partial charge in [0, 0.05) is 20.1 Å². The summed E-state index contributed by atoms with van der Waals surface area (Å²) in [5.74, 6) is 0. The van der Waals surface area contributed by atoms with Gasteiger partial charge in [0.15, 0.2) is 12.6 Å². The summed E-state index contributed by atoms with van der Waals surface area (Å²) < 4.78 is 1.26. The second-order valence-corrected chi connectivity index (χ2v) is 3.84. The van der Waals surface area contributed by atoms with Crippen LogP contribution in [0.2, 0.25) is 0 Å². The average Bonchev–Trinajstić information content (AvgIpc) is 2.08. The van der Waals surface area contributed by atoms with Gasteiger partial charge in [0.2, 0.25) is 0 Å². The van der Waals surface area contributed by atoms with Gasteiger partial charge in [-0.25, -0.2) is 0 Å². The van der Waals surface area contributed by atoms with Crippen LogP contribution in [-0.2, 0) is 0 Å². The summed E-state index contributed by atoms with van der Waals surface area (Å²) >= 11 is 6.34. The average molecular weight is 292 g/mol. The first kappa shape index (κ1) is 9.61. The van der Waals surface area contributed by atoms with Crippen LogP contribution in [0.3, 0.4) is 0 Å². The minimum Gasteiger partial charge on any atom is -0.298 e. The number of carbonyl (C=O) groups excluding carboxylic acids is 2. The molecule has 0 saturated heterocycles. The quantitative estimate of drug-likeness (QED) is 0.785. The Kier molecular flexibility index (Phi) is 3.17. The lowest BCUT2D eigenvalue weighted by Crippen LogP contribution is -1.88. The number of hydrogen-bond acceptors (Lipinski definition) is 2. The standard InChI is InChI=1S/C8H4Br2O2/c9-7-1-5(3-11)8(10)2-6(7)4-12/h1-4H. The molecule has 1 rings (SSSR count). The van der Waals surface area contributed by atoms with Crippen LogP contribution in [-0.4, -0.2) is 12.6 Å². The predicted molar refractivity (Wildman–Crippen MR) is 52.6 cm³/mol. The zero-order valence-corrected chi connectivity index (χ0v) is 9.05. The number of rotatable bonds is 2. The van der Waals surface area contributed by atoms with Crippen molar-refractivity contribution in [3.63, 3.8) is 0 Å². The third-order valence-corrected chi connectivity index (χ3v) is 2.74. The number of carbonyl (C=O) groups is 2. The molecule has 62 valence electrons. The van der Waals surface area contributed by atoms with Crippen LogP contribution in [0.1, 0.15) is 20.7 Å². The van der Waals surface area contributed by atoms with Gasteiger partial charge in [0.1, 0.15) is 0 Å². The Balaban J connectivity index is 3.34. The Labute approximate surface area is 86.2 Å². The van der Waals surface area contributed by atoms with E-state index in [0.717, 1.165) is 12.6 Å². The molecule has 0 radical (unpaired) electrons. The predicted octanol–water partition coefficient (Wildman–Crippen LogP) is 2.84. The number of halogens is 2. The fraction of sp³-hybridized carbons (Fsp3) is 0. The van der Waals surface area contributed by atoms with E-state index < -0.39 is 0 Å². The highest BCUT2D eigenvalue weighted by atomic mass is 79.9. The summed E-state index contributed by atoms with van der Waals surface area (Å²) in [6.45, 7) is 0. The Bertz CT molecular complexity index is 300. The van der Waals surface area contributed by atoms with Crippen LogP contribution in [0.4, 0.5) is 0 Å². The van der Waals surface area contributed by atoms with Crippen molar-refractivity contribution >= 4 is 44.4 Å². The fourth-order valence-corrected chi connectivity index (χ4v) is 1.67. The molecule has 0 N–H and O–H groups in total. The van der Waals surface area contributed by atoms with E-state index in [-0.39, 0.29) is 0 Å². The van der Waals surface area contributed by atoms with Crippen molar-refractivity contribution in [2.45, 2.75) is 0 Å². The molecule has 0 atom stereocenters. The van der Waals surface area contributed by atoms with Gasteiger partial charge in [-0.15, -0.1) is 0 Å². The second kappa shape index (κ2) is 3.96. The minimum absolute atomic E-state index is 0.521. The van der Waals surface area contributed by atoms with Gasteiger partial charge in [-0.1, -0.05) is 31.9 Å². The molecule has 0 heterocycles. The smallest absolute Gasteiger partial charge is 0.151 e. The normalized spacial score (nSPS) is 9.50. The van der Waals surface area contributed by atoms with Gasteiger partial charge in [-0.3, -0.25) is 9.59 Å². The third-order valence-electron chi connectivity index (χ3n) is 1.37. The number of aldehydes is 2. The van der Waals surface area contributed by atoms with Gasteiger partial charge in [-0.2, -0.15) is 0 Å². The number of benzene rings is 1. The monoisotopic (exact) mass is 290 g/mol. The zero-order valence-electron chi connectivity index (χ0n) is 5.88. The van der Waals surface area contributed by atoms with E-state index in [4.69, 9.17) is 0 Å². The summed E-state index contributed by atoms with van der Waals surface area (Å²) in [7, 11) is 0. The third kappa shape index (κ3) is 1.81. The van der Waals surface area contributed by atoms with Crippen LogP contribution in [0.5, 0.6) is 0 Å².